The summed E-state index contributed by atoms with van der Waals surface area (Å²) in [5.74, 6) is 0.632. The standard InChI is InChI=1S/C16H21N3O4S2/c1-23-14-6-5-11(8-13(14)20)9-19-7-3-4-12(10-19)15-16(24-18-17-15)25(2,21)22/h5-6,8,12,20H,3-4,7,9-10H2,1-2H3/t12-/m1/s1. The van der Waals surface area contributed by atoms with Crippen molar-refractivity contribution in [2.24, 2.45) is 0 Å². The van der Waals surface area contributed by atoms with E-state index in [4.69, 9.17) is 4.74 Å². The lowest BCUT2D eigenvalue weighted by molar-refractivity contribution is 0.197. The third kappa shape index (κ3) is 4.10. The first kappa shape index (κ1) is 18.1. The maximum atomic E-state index is 11.9. The van der Waals surface area contributed by atoms with E-state index in [1.54, 1.807) is 12.1 Å². The Morgan fingerprint density at radius 3 is 2.92 bits per heavy atom. The number of phenols is 1. The lowest BCUT2D eigenvalue weighted by Crippen LogP contribution is -2.34. The molecule has 1 atom stereocenters. The van der Waals surface area contributed by atoms with E-state index in [9.17, 15) is 13.5 Å². The molecule has 1 saturated heterocycles. The van der Waals surface area contributed by atoms with Crippen molar-refractivity contribution in [1.29, 1.82) is 0 Å². The van der Waals surface area contributed by atoms with Gasteiger partial charge in [-0.05, 0) is 37.1 Å². The normalized spacial score (nSPS) is 19.0. The van der Waals surface area contributed by atoms with E-state index in [1.807, 2.05) is 6.07 Å². The van der Waals surface area contributed by atoms with E-state index in [-0.39, 0.29) is 15.9 Å². The summed E-state index contributed by atoms with van der Waals surface area (Å²) in [7, 11) is -1.78. The van der Waals surface area contributed by atoms with E-state index < -0.39 is 9.84 Å². The average molecular weight is 383 g/mol. The quantitative estimate of drug-likeness (QED) is 0.844. The number of aromatic hydroxyl groups is 1. The molecular weight excluding hydrogens is 362 g/mol. The number of hydrogen-bond acceptors (Lipinski definition) is 8. The largest absolute Gasteiger partial charge is 0.504 e. The van der Waals surface area contributed by atoms with Crippen molar-refractivity contribution in [3.05, 3.63) is 29.5 Å². The molecule has 1 aliphatic rings. The van der Waals surface area contributed by atoms with Crippen LogP contribution in [0.15, 0.2) is 22.4 Å². The van der Waals surface area contributed by atoms with Crippen molar-refractivity contribution in [3.63, 3.8) is 0 Å². The van der Waals surface area contributed by atoms with Crippen LogP contribution in [0.25, 0.3) is 0 Å². The number of aromatic nitrogens is 2. The summed E-state index contributed by atoms with van der Waals surface area (Å²) in [5, 5.41) is 14.0. The number of piperidine rings is 1. The second-order valence-electron chi connectivity index (χ2n) is 6.30. The summed E-state index contributed by atoms with van der Waals surface area (Å²) in [6.45, 7) is 2.33. The zero-order valence-electron chi connectivity index (χ0n) is 14.2. The van der Waals surface area contributed by atoms with Gasteiger partial charge in [0.2, 0.25) is 0 Å². The highest BCUT2D eigenvalue weighted by molar-refractivity contribution is 7.92. The van der Waals surface area contributed by atoms with Crippen LogP contribution in [-0.2, 0) is 16.4 Å². The Morgan fingerprint density at radius 1 is 1.44 bits per heavy atom. The Kier molecular flexibility index (Phi) is 5.26. The highest BCUT2D eigenvalue weighted by Gasteiger charge is 2.29. The molecule has 0 bridgehead atoms. The minimum absolute atomic E-state index is 0.0593. The minimum atomic E-state index is -3.30. The van der Waals surface area contributed by atoms with E-state index in [1.165, 1.54) is 13.4 Å². The average Bonchev–Trinajstić information content (AvgIpc) is 3.05. The van der Waals surface area contributed by atoms with Crippen LogP contribution in [-0.4, -0.2) is 54.5 Å². The van der Waals surface area contributed by atoms with Crippen molar-refractivity contribution in [1.82, 2.24) is 14.5 Å². The van der Waals surface area contributed by atoms with Crippen molar-refractivity contribution in [2.45, 2.75) is 29.5 Å². The van der Waals surface area contributed by atoms with E-state index in [0.29, 0.717) is 18.0 Å². The van der Waals surface area contributed by atoms with Gasteiger partial charge < -0.3 is 9.84 Å². The number of hydrogen-bond donors (Lipinski definition) is 1. The number of methoxy groups -OCH3 is 1. The Hall–Kier alpha value is -1.71. The summed E-state index contributed by atoms with van der Waals surface area (Å²) in [4.78, 5) is 2.25. The maximum absolute atomic E-state index is 11.9. The molecule has 7 nitrogen and oxygen atoms in total. The molecule has 9 heteroatoms. The van der Waals surface area contributed by atoms with E-state index in [0.717, 1.165) is 43.0 Å². The van der Waals surface area contributed by atoms with Gasteiger partial charge in [-0.25, -0.2) is 8.42 Å². The summed E-state index contributed by atoms with van der Waals surface area (Å²) >= 11 is 0.947. The van der Waals surface area contributed by atoms with Gasteiger partial charge in [-0.3, -0.25) is 4.90 Å². The molecule has 0 unspecified atom stereocenters. The molecule has 25 heavy (non-hydrogen) atoms. The topological polar surface area (TPSA) is 92.6 Å². The molecular formula is C16H21N3O4S2. The number of nitrogens with zero attached hydrogens (tertiary/aromatic N) is 3. The minimum Gasteiger partial charge on any atom is -0.504 e. The molecule has 2 aromatic rings. The highest BCUT2D eigenvalue weighted by Crippen LogP contribution is 2.33. The number of rotatable bonds is 5. The van der Waals surface area contributed by atoms with Crippen LogP contribution in [0.2, 0.25) is 0 Å². The number of ether oxygens (including phenoxy) is 1. The second-order valence-corrected chi connectivity index (χ2v) is 9.26. The van der Waals surface area contributed by atoms with Crippen LogP contribution >= 0.6 is 11.5 Å². The number of sulfone groups is 1. The molecule has 1 aliphatic heterocycles. The molecule has 0 spiro atoms. The third-order valence-electron chi connectivity index (χ3n) is 4.36. The fourth-order valence-electron chi connectivity index (χ4n) is 3.21. The molecule has 2 heterocycles. The van der Waals surface area contributed by atoms with Gasteiger partial charge in [0.1, 0.15) is 0 Å². The lowest BCUT2D eigenvalue weighted by Gasteiger charge is -2.32. The van der Waals surface area contributed by atoms with Crippen LogP contribution in [0.3, 0.4) is 0 Å². The van der Waals surface area contributed by atoms with Crippen LogP contribution in [0, 0.1) is 0 Å². The fourth-order valence-corrected chi connectivity index (χ4v) is 4.94. The molecule has 1 N–H and O–H groups in total. The number of benzene rings is 1. The molecule has 0 radical (unpaired) electrons. The van der Waals surface area contributed by atoms with Crippen LogP contribution < -0.4 is 4.74 Å². The maximum Gasteiger partial charge on any atom is 0.188 e. The molecule has 1 fully saturated rings. The van der Waals surface area contributed by atoms with Gasteiger partial charge in [-0.1, -0.05) is 10.6 Å². The second kappa shape index (κ2) is 7.27. The Balaban J connectivity index is 1.74. The summed E-state index contributed by atoms with van der Waals surface area (Å²) < 4.78 is 33.0. The molecule has 1 aromatic carbocycles. The van der Waals surface area contributed by atoms with E-state index in [2.05, 4.69) is 14.5 Å². The van der Waals surface area contributed by atoms with E-state index >= 15 is 0 Å². The summed E-state index contributed by atoms with van der Waals surface area (Å²) in [6, 6.07) is 5.38. The van der Waals surface area contributed by atoms with Gasteiger partial charge in [-0.2, -0.15) is 0 Å². The van der Waals surface area contributed by atoms with Gasteiger partial charge in [0.25, 0.3) is 0 Å². The first-order valence-corrected chi connectivity index (χ1v) is 10.7. The van der Waals surface area contributed by atoms with Crippen LogP contribution in [0.1, 0.15) is 30.0 Å². The number of phenolic OH excluding ortho intramolecular Hbond substituents is 1. The van der Waals surface area contributed by atoms with Crippen molar-refractivity contribution >= 4 is 21.4 Å². The van der Waals surface area contributed by atoms with Gasteiger partial charge in [0, 0.05) is 36.8 Å². The zero-order chi connectivity index (χ0) is 18.0. The fraction of sp³-hybridized carbons (Fsp3) is 0.500. The van der Waals surface area contributed by atoms with Crippen molar-refractivity contribution < 1.29 is 18.3 Å². The SMILES string of the molecule is COc1ccc(CN2CCC[C@@H](c3nnsc3S(C)(=O)=O)C2)cc1O. The van der Waals surface area contributed by atoms with Crippen LogP contribution in [0.5, 0.6) is 11.5 Å². The molecule has 3 rings (SSSR count). The molecule has 136 valence electrons. The lowest BCUT2D eigenvalue weighted by atomic mass is 9.95. The Labute approximate surface area is 151 Å². The van der Waals surface area contributed by atoms with Crippen molar-refractivity contribution in [3.8, 4) is 11.5 Å². The monoisotopic (exact) mass is 383 g/mol. The van der Waals surface area contributed by atoms with Crippen LogP contribution in [0.4, 0.5) is 0 Å². The Morgan fingerprint density at radius 2 is 2.24 bits per heavy atom. The molecule has 0 saturated carbocycles. The first-order chi connectivity index (χ1) is 11.9. The number of likely N-dealkylation sites (tertiary alicyclic amines) is 1. The van der Waals surface area contributed by atoms with Gasteiger partial charge in [0.15, 0.2) is 25.5 Å². The molecule has 1 aromatic heterocycles. The third-order valence-corrected chi connectivity index (χ3v) is 6.91. The summed E-state index contributed by atoms with van der Waals surface area (Å²) in [6.07, 6.45) is 3.07. The van der Waals surface area contributed by atoms with Gasteiger partial charge in [-0.15, -0.1) is 5.10 Å². The van der Waals surface area contributed by atoms with Gasteiger partial charge >= 0.3 is 0 Å². The predicted molar refractivity (Wildman–Crippen MR) is 94.9 cm³/mol. The zero-order valence-corrected chi connectivity index (χ0v) is 15.8. The first-order valence-electron chi connectivity index (χ1n) is 7.99. The molecule has 0 amide bonds. The predicted octanol–water partition coefficient (Wildman–Crippen LogP) is 2.04. The highest BCUT2D eigenvalue weighted by atomic mass is 32.2. The smallest absolute Gasteiger partial charge is 0.188 e. The molecule has 0 aliphatic carbocycles. The van der Waals surface area contributed by atoms with Crippen molar-refractivity contribution in [2.75, 3.05) is 26.5 Å². The summed E-state index contributed by atoms with van der Waals surface area (Å²) in [5.41, 5.74) is 1.58. The van der Waals surface area contributed by atoms with Gasteiger partial charge in [0.05, 0.1) is 12.8 Å². The Bertz CT molecular complexity index is 851.